The number of Topliss-reactive ketones (excluding diaryl/α,β-unsaturated/α-hetero) is 1. The van der Waals surface area contributed by atoms with Crippen molar-refractivity contribution < 1.29 is 4.79 Å². The van der Waals surface area contributed by atoms with Crippen molar-refractivity contribution in [1.29, 1.82) is 0 Å². The molecule has 0 heterocycles. The Morgan fingerprint density at radius 1 is 1.36 bits per heavy atom. The Balaban J connectivity index is 2.27. The van der Waals surface area contributed by atoms with Crippen molar-refractivity contribution in [2.24, 2.45) is 0 Å². The SMILES string of the molecule is C=CCCC(=O)C[Se]c1ccccc1. The molecular weight excluding hydrogens is 239 g/mol. The molecule has 0 N–H and O–H groups in total. The number of allylic oxidation sites excluding steroid dienone is 1. The fourth-order valence-corrected chi connectivity index (χ4v) is 2.74. The second-order valence-electron chi connectivity index (χ2n) is 2.97. The Morgan fingerprint density at radius 3 is 2.71 bits per heavy atom. The summed E-state index contributed by atoms with van der Waals surface area (Å²) in [5, 5.41) is 0.713. The Kier molecular flexibility index (Phi) is 5.28. The quantitative estimate of drug-likeness (QED) is 0.559. The van der Waals surface area contributed by atoms with Crippen molar-refractivity contribution >= 4 is 25.2 Å². The summed E-state index contributed by atoms with van der Waals surface area (Å²) in [5.74, 6) is 0.355. The average molecular weight is 253 g/mol. The molecule has 0 saturated carbocycles. The molecule has 0 radical (unpaired) electrons. The Bertz CT molecular complexity index is 292. The van der Waals surface area contributed by atoms with Crippen LogP contribution < -0.4 is 4.46 Å². The van der Waals surface area contributed by atoms with E-state index in [4.69, 9.17) is 0 Å². The van der Waals surface area contributed by atoms with Crippen LogP contribution in [0.5, 0.6) is 0 Å². The van der Waals surface area contributed by atoms with Crippen molar-refractivity contribution in [3.05, 3.63) is 43.0 Å². The van der Waals surface area contributed by atoms with Crippen molar-refractivity contribution in [2.45, 2.75) is 18.2 Å². The molecule has 0 aliphatic heterocycles. The number of benzene rings is 1. The standard InChI is InChI=1S/C12H14OSe/c1-2-3-7-11(13)10-14-12-8-5-4-6-9-12/h2,4-6,8-9H,1,3,7,10H2. The predicted molar refractivity (Wildman–Crippen MR) is 61.1 cm³/mol. The van der Waals surface area contributed by atoms with Gasteiger partial charge < -0.3 is 0 Å². The average Bonchev–Trinajstić information content (AvgIpc) is 2.25. The van der Waals surface area contributed by atoms with Gasteiger partial charge in [-0.1, -0.05) is 0 Å². The van der Waals surface area contributed by atoms with Crippen LogP contribution in [0.2, 0.25) is 5.32 Å². The first kappa shape index (κ1) is 11.2. The zero-order valence-electron chi connectivity index (χ0n) is 8.11. The number of carbonyl (C=O) groups excluding carboxylic acids is 1. The monoisotopic (exact) mass is 254 g/mol. The molecule has 0 saturated heterocycles. The number of hydrogen-bond donors (Lipinski definition) is 0. The molecule has 0 aromatic heterocycles. The summed E-state index contributed by atoms with van der Waals surface area (Å²) in [6.07, 6.45) is 3.26. The Morgan fingerprint density at radius 2 is 2.07 bits per heavy atom. The molecule has 74 valence electrons. The molecule has 1 rings (SSSR count). The van der Waals surface area contributed by atoms with Gasteiger partial charge >= 0.3 is 91.1 Å². The summed E-state index contributed by atoms with van der Waals surface area (Å²) in [6.45, 7) is 3.60. The van der Waals surface area contributed by atoms with E-state index in [1.807, 2.05) is 18.2 Å². The summed E-state index contributed by atoms with van der Waals surface area (Å²) in [6, 6.07) is 10.2. The van der Waals surface area contributed by atoms with Crippen molar-refractivity contribution in [3.8, 4) is 0 Å². The molecule has 0 fully saturated rings. The first-order valence-electron chi connectivity index (χ1n) is 4.63. The van der Waals surface area contributed by atoms with Gasteiger partial charge in [-0.15, -0.1) is 0 Å². The van der Waals surface area contributed by atoms with E-state index in [1.54, 1.807) is 6.08 Å². The minimum atomic E-state index is 0.305. The third-order valence-electron chi connectivity index (χ3n) is 1.77. The van der Waals surface area contributed by atoms with Gasteiger partial charge in [0.2, 0.25) is 0 Å². The molecule has 1 nitrogen and oxygen atoms in total. The number of hydrogen-bond acceptors (Lipinski definition) is 1. The molecule has 0 aliphatic rings. The van der Waals surface area contributed by atoms with Crippen LogP contribution in [0.1, 0.15) is 12.8 Å². The van der Waals surface area contributed by atoms with Crippen molar-refractivity contribution in [1.82, 2.24) is 0 Å². The van der Waals surface area contributed by atoms with Gasteiger partial charge in [0.05, 0.1) is 0 Å². The summed E-state index contributed by atoms with van der Waals surface area (Å²) >= 11 is 0.305. The number of carbonyl (C=O) groups is 1. The first-order valence-corrected chi connectivity index (χ1v) is 6.70. The maximum absolute atomic E-state index is 11.3. The molecule has 2 heteroatoms. The third kappa shape index (κ3) is 4.40. The molecule has 0 unspecified atom stereocenters. The molecular formula is C12H14OSe. The summed E-state index contributed by atoms with van der Waals surface area (Å²) in [5.41, 5.74) is 0. The van der Waals surface area contributed by atoms with Gasteiger partial charge in [-0.3, -0.25) is 0 Å². The zero-order valence-corrected chi connectivity index (χ0v) is 9.82. The van der Waals surface area contributed by atoms with E-state index in [9.17, 15) is 4.79 Å². The van der Waals surface area contributed by atoms with E-state index in [2.05, 4.69) is 18.7 Å². The van der Waals surface area contributed by atoms with Gasteiger partial charge in [0.15, 0.2) is 0 Å². The molecule has 0 spiro atoms. The second-order valence-corrected chi connectivity index (χ2v) is 5.17. The molecule has 0 amide bonds. The Labute approximate surface area is 91.4 Å². The van der Waals surface area contributed by atoms with E-state index in [-0.39, 0.29) is 0 Å². The fourth-order valence-electron chi connectivity index (χ4n) is 1.02. The first-order chi connectivity index (χ1) is 6.83. The van der Waals surface area contributed by atoms with E-state index in [0.717, 1.165) is 6.42 Å². The normalized spacial score (nSPS) is 9.71. The van der Waals surface area contributed by atoms with Gasteiger partial charge in [-0.2, -0.15) is 0 Å². The van der Waals surface area contributed by atoms with E-state index >= 15 is 0 Å². The minimum absolute atomic E-state index is 0.305. The van der Waals surface area contributed by atoms with Gasteiger partial charge in [-0.05, 0) is 0 Å². The predicted octanol–water partition coefficient (Wildman–Crippen LogP) is 1.97. The van der Waals surface area contributed by atoms with Gasteiger partial charge in [0, 0.05) is 0 Å². The van der Waals surface area contributed by atoms with Crippen LogP contribution in [0.15, 0.2) is 43.0 Å². The van der Waals surface area contributed by atoms with E-state index < -0.39 is 0 Å². The van der Waals surface area contributed by atoms with Gasteiger partial charge in [0.1, 0.15) is 0 Å². The van der Waals surface area contributed by atoms with Crippen LogP contribution in [0.3, 0.4) is 0 Å². The zero-order chi connectivity index (χ0) is 10.2. The van der Waals surface area contributed by atoms with Gasteiger partial charge in [0.25, 0.3) is 0 Å². The molecule has 1 aromatic rings. The fraction of sp³-hybridized carbons (Fsp3) is 0.250. The number of ketones is 1. The Hall–Kier alpha value is -0.851. The van der Waals surface area contributed by atoms with Crippen LogP contribution in [0, 0.1) is 0 Å². The summed E-state index contributed by atoms with van der Waals surface area (Å²) in [4.78, 5) is 11.3. The summed E-state index contributed by atoms with van der Waals surface area (Å²) < 4.78 is 1.30. The van der Waals surface area contributed by atoms with Gasteiger partial charge in [-0.25, -0.2) is 0 Å². The summed E-state index contributed by atoms with van der Waals surface area (Å²) in [7, 11) is 0. The van der Waals surface area contributed by atoms with Crippen LogP contribution in [-0.2, 0) is 4.79 Å². The van der Waals surface area contributed by atoms with Crippen molar-refractivity contribution in [2.75, 3.05) is 0 Å². The van der Waals surface area contributed by atoms with Crippen LogP contribution in [0.4, 0.5) is 0 Å². The molecule has 0 atom stereocenters. The molecule has 14 heavy (non-hydrogen) atoms. The van der Waals surface area contributed by atoms with Crippen LogP contribution in [-0.4, -0.2) is 20.7 Å². The molecule has 1 aromatic carbocycles. The van der Waals surface area contributed by atoms with Crippen LogP contribution in [0.25, 0.3) is 0 Å². The third-order valence-corrected chi connectivity index (χ3v) is 4.02. The maximum atomic E-state index is 11.3. The topological polar surface area (TPSA) is 17.1 Å². The van der Waals surface area contributed by atoms with Crippen LogP contribution >= 0.6 is 0 Å². The van der Waals surface area contributed by atoms with E-state index in [1.165, 1.54) is 4.46 Å². The molecule has 0 bridgehead atoms. The molecule has 0 aliphatic carbocycles. The second kappa shape index (κ2) is 6.58. The number of rotatable bonds is 6. The van der Waals surface area contributed by atoms with E-state index in [0.29, 0.717) is 32.5 Å². The van der Waals surface area contributed by atoms with Crippen molar-refractivity contribution in [3.63, 3.8) is 0 Å².